The van der Waals surface area contributed by atoms with Crippen LogP contribution in [0.4, 0.5) is 5.69 Å². The molecule has 1 heterocycles. The van der Waals surface area contributed by atoms with Gasteiger partial charge >= 0.3 is 5.97 Å². The third kappa shape index (κ3) is 3.69. The highest BCUT2D eigenvalue weighted by Gasteiger charge is 2.16. The number of hydrogen-bond acceptors (Lipinski definition) is 6. The summed E-state index contributed by atoms with van der Waals surface area (Å²) in [4.78, 5) is 15.8. The molecule has 2 aromatic rings. The second-order valence-electron chi connectivity index (χ2n) is 4.46. The maximum absolute atomic E-state index is 11.8. The van der Waals surface area contributed by atoms with Gasteiger partial charge in [0, 0.05) is 24.5 Å². The van der Waals surface area contributed by atoms with Crippen LogP contribution in [0, 0.1) is 0 Å². The number of ether oxygens (including phenoxy) is 3. The summed E-state index contributed by atoms with van der Waals surface area (Å²) < 4.78 is 17.8. The van der Waals surface area contributed by atoms with E-state index < -0.39 is 5.97 Å². The Bertz CT molecular complexity index is 626. The minimum atomic E-state index is -0.483. The number of methoxy groups -OCH3 is 1. The monoisotopic (exact) mass is 305 g/mol. The van der Waals surface area contributed by atoms with Crippen molar-refractivity contribution in [2.24, 2.45) is 0 Å². The minimum absolute atomic E-state index is 0.264. The van der Waals surface area contributed by atoms with Gasteiger partial charge in [-0.15, -0.1) is 0 Å². The molecule has 0 atom stereocenters. The number of nitrogens with zero attached hydrogens (tertiary/aromatic N) is 2. The zero-order chi connectivity index (χ0) is 15.9. The van der Waals surface area contributed by atoms with E-state index in [1.54, 1.807) is 25.5 Å². The van der Waals surface area contributed by atoms with Crippen LogP contribution in [0.15, 0.2) is 30.9 Å². The van der Waals surface area contributed by atoms with Crippen molar-refractivity contribution in [2.45, 2.75) is 13.5 Å². The molecule has 2 N–H and O–H groups in total. The molecule has 0 radical (unpaired) electrons. The molecule has 22 heavy (non-hydrogen) atoms. The number of benzene rings is 1. The van der Waals surface area contributed by atoms with Crippen molar-refractivity contribution in [1.82, 2.24) is 9.55 Å². The molecule has 0 saturated carbocycles. The van der Waals surface area contributed by atoms with Gasteiger partial charge in [0.1, 0.15) is 6.61 Å². The van der Waals surface area contributed by atoms with Gasteiger partial charge in [0.2, 0.25) is 0 Å². The van der Waals surface area contributed by atoms with Crippen molar-refractivity contribution in [1.29, 1.82) is 0 Å². The van der Waals surface area contributed by atoms with Crippen LogP contribution in [0.1, 0.15) is 17.3 Å². The molecule has 118 valence electrons. The molecule has 0 spiro atoms. The molecular weight excluding hydrogens is 286 g/mol. The molecule has 0 unspecified atom stereocenters. The quantitative estimate of drug-likeness (QED) is 0.619. The Morgan fingerprint density at radius 2 is 2.18 bits per heavy atom. The zero-order valence-corrected chi connectivity index (χ0v) is 12.6. The van der Waals surface area contributed by atoms with Crippen LogP contribution >= 0.6 is 0 Å². The molecule has 0 bridgehead atoms. The molecule has 0 aliphatic heterocycles. The predicted octanol–water partition coefficient (Wildman–Crippen LogP) is 1.73. The van der Waals surface area contributed by atoms with Gasteiger partial charge < -0.3 is 24.5 Å². The molecule has 7 nitrogen and oxygen atoms in total. The number of nitrogens with two attached hydrogens (primary N) is 1. The first kappa shape index (κ1) is 15.7. The van der Waals surface area contributed by atoms with Crippen molar-refractivity contribution in [3.05, 3.63) is 36.4 Å². The summed E-state index contributed by atoms with van der Waals surface area (Å²) >= 11 is 0. The largest absolute Gasteiger partial charge is 0.493 e. The smallest absolute Gasteiger partial charge is 0.340 e. The lowest BCUT2D eigenvalue weighted by Crippen LogP contribution is -2.11. The molecule has 0 amide bonds. The Balaban J connectivity index is 2.10. The molecule has 1 aromatic heterocycles. The number of carbonyl (C=O) groups excluding carboxylic acids is 1. The molecule has 0 fully saturated rings. The van der Waals surface area contributed by atoms with Gasteiger partial charge in [-0.25, -0.2) is 9.78 Å². The van der Waals surface area contributed by atoms with E-state index in [4.69, 9.17) is 19.9 Å². The lowest BCUT2D eigenvalue weighted by Gasteiger charge is -2.14. The Labute approximate surface area is 128 Å². The Kier molecular flexibility index (Phi) is 5.24. The van der Waals surface area contributed by atoms with Crippen molar-refractivity contribution in [3.8, 4) is 11.5 Å². The molecule has 1 aromatic carbocycles. The van der Waals surface area contributed by atoms with Crippen molar-refractivity contribution >= 4 is 11.7 Å². The maximum Gasteiger partial charge on any atom is 0.340 e. The van der Waals surface area contributed by atoms with Crippen LogP contribution in [0.5, 0.6) is 11.5 Å². The summed E-state index contributed by atoms with van der Waals surface area (Å²) in [5, 5.41) is 0. The molecule has 7 heteroatoms. The fourth-order valence-electron chi connectivity index (χ4n) is 1.91. The van der Waals surface area contributed by atoms with Crippen LogP contribution < -0.4 is 15.2 Å². The SMILES string of the molecule is CCOC(=O)c1cc(OC)c(OCCn2ccnc2)cc1N. The van der Waals surface area contributed by atoms with E-state index in [9.17, 15) is 4.79 Å². The number of nitrogen functional groups attached to an aromatic ring is 1. The Morgan fingerprint density at radius 1 is 1.36 bits per heavy atom. The first-order chi connectivity index (χ1) is 10.7. The third-order valence-electron chi connectivity index (χ3n) is 3.00. The number of imidazole rings is 1. The van der Waals surface area contributed by atoms with Crippen LogP contribution in [0.25, 0.3) is 0 Å². The number of rotatable bonds is 7. The highest BCUT2D eigenvalue weighted by molar-refractivity contribution is 5.96. The lowest BCUT2D eigenvalue weighted by molar-refractivity contribution is 0.0527. The lowest BCUT2D eigenvalue weighted by atomic mass is 10.1. The highest BCUT2D eigenvalue weighted by Crippen LogP contribution is 2.32. The number of carbonyl (C=O) groups is 1. The predicted molar refractivity (Wildman–Crippen MR) is 81.1 cm³/mol. The van der Waals surface area contributed by atoms with Crippen LogP contribution in [-0.4, -0.2) is 35.8 Å². The van der Waals surface area contributed by atoms with E-state index >= 15 is 0 Å². The Hall–Kier alpha value is -2.70. The van der Waals surface area contributed by atoms with Gasteiger partial charge in [-0.1, -0.05) is 0 Å². The molecule has 2 rings (SSSR count). The van der Waals surface area contributed by atoms with Gasteiger partial charge in [0.25, 0.3) is 0 Å². The average molecular weight is 305 g/mol. The van der Waals surface area contributed by atoms with Gasteiger partial charge in [-0.3, -0.25) is 0 Å². The second kappa shape index (κ2) is 7.35. The first-order valence-corrected chi connectivity index (χ1v) is 6.88. The summed E-state index contributed by atoms with van der Waals surface area (Å²) in [6.07, 6.45) is 5.25. The van der Waals surface area contributed by atoms with Gasteiger partial charge in [0.05, 0.1) is 37.8 Å². The summed E-state index contributed by atoms with van der Waals surface area (Å²) in [6, 6.07) is 3.10. The van der Waals surface area contributed by atoms with Crippen molar-refractivity contribution < 1.29 is 19.0 Å². The van der Waals surface area contributed by atoms with E-state index in [1.165, 1.54) is 13.2 Å². The summed E-state index contributed by atoms with van der Waals surface area (Å²) in [7, 11) is 1.50. The van der Waals surface area contributed by atoms with E-state index in [1.807, 2.05) is 10.8 Å². The third-order valence-corrected chi connectivity index (χ3v) is 3.00. The van der Waals surface area contributed by atoms with Crippen molar-refractivity contribution in [2.75, 3.05) is 26.1 Å². The normalized spacial score (nSPS) is 10.3. The summed E-state index contributed by atoms with van der Waals surface area (Å²) in [5.74, 6) is 0.430. The highest BCUT2D eigenvalue weighted by atomic mass is 16.5. The van der Waals surface area contributed by atoms with E-state index in [-0.39, 0.29) is 17.9 Å². The topological polar surface area (TPSA) is 88.6 Å². The zero-order valence-electron chi connectivity index (χ0n) is 12.6. The average Bonchev–Trinajstić information content (AvgIpc) is 3.01. The van der Waals surface area contributed by atoms with E-state index in [0.29, 0.717) is 24.7 Å². The summed E-state index contributed by atoms with van der Waals surface area (Å²) in [6.45, 7) is 3.08. The van der Waals surface area contributed by atoms with Gasteiger partial charge in [-0.2, -0.15) is 0 Å². The number of aromatic nitrogens is 2. The Morgan fingerprint density at radius 3 is 2.82 bits per heavy atom. The number of hydrogen-bond donors (Lipinski definition) is 1. The fourth-order valence-corrected chi connectivity index (χ4v) is 1.91. The van der Waals surface area contributed by atoms with Crippen LogP contribution in [0.3, 0.4) is 0 Å². The van der Waals surface area contributed by atoms with Crippen LogP contribution in [0.2, 0.25) is 0 Å². The minimum Gasteiger partial charge on any atom is -0.493 e. The molecule has 0 saturated heterocycles. The molecule has 0 aliphatic rings. The standard InChI is InChI=1S/C15H19N3O4/c1-3-21-15(19)11-8-13(20-2)14(9-12(11)16)22-7-6-18-5-4-17-10-18/h4-5,8-10H,3,6-7,16H2,1-2H3. The van der Waals surface area contributed by atoms with Gasteiger partial charge in [-0.05, 0) is 6.92 Å². The van der Waals surface area contributed by atoms with Gasteiger partial charge in [0.15, 0.2) is 11.5 Å². The number of esters is 1. The summed E-state index contributed by atoms with van der Waals surface area (Å²) in [5.41, 5.74) is 6.44. The first-order valence-electron chi connectivity index (χ1n) is 6.88. The maximum atomic E-state index is 11.8. The van der Waals surface area contributed by atoms with E-state index in [2.05, 4.69) is 4.98 Å². The second-order valence-corrected chi connectivity index (χ2v) is 4.46. The fraction of sp³-hybridized carbons (Fsp3) is 0.333. The van der Waals surface area contributed by atoms with Crippen molar-refractivity contribution in [3.63, 3.8) is 0 Å². The number of anilines is 1. The van der Waals surface area contributed by atoms with E-state index in [0.717, 1.165) is 0 Å². The molecular formula is C15H19N3O4. The molecule has 0 aliphatic carbocycles. The van der Waals surface area contributed by atoms with Crippen LogP contribution in [-0.2, 0) is 11.3 Å².